The third-order valence-corrected chi connectivity index (χ3v) is 2.94. The Kier molecular flexibility index (Phi) is 5.17. The second-order valence-corrected chi connectivity index (χ2v) is 4.65. The van der Waals surface area contributed by atoms with E-state index in [1.54, 1.807) is 7.05 Å². The average molecular weight is 342 g/mol. The van der Waals surface area contributed by atoms with Crippen molar-refractivity contribution in [3.63, 3.8) is 0 Å². The molecule has 0 radical (unpaired) electrons. The van der Waals surface area contributed by atoms with Crippen molar-refractivity contribution in [2.45, 2.75) is 6.18 Å². The normalized spacial score (nSPS) is 11.7. The van der Waals surface area contributed by atoms with Crippen molar-refractivity contribution >= 4 is 12.1 Å². The number of aromatic nitrogens is 2. The van der Waals surface area contributed by atoms with Gasteiger partial charge in [0, 0.05) is 18.2 Å². The van der Waals surface area contributed by atoms with E-state index in [1.807, 2.05) is 0 Å². The van der Waals surface area contributed by atoms with Crippen molar-refractivity contribution < 1.29 is 27.3 Å². The molecule has 0 N–H and O–H groups in total. The molecule has 10 heteroatoms. The summed E-state index contributed by atoms with van der Waals surface area (Å²) in [6.07, 6.45) is -3.28. The third-order valence-electron chi connectivity index (χ3n) is 2.94. The maximum absolute atomic E-state index is 12.4. The van der Waals surface area contributed by atoms with Crippen LogP contribution in [0, 0.1) is 0 Å². The second kappa shape index (κ2) is 7.11. The highest BCUT2D eigenvalue weighted by molar-refractivity contribution is 5.95. The quantitative estimate of drug-likeness (QED) is 0.616. The van der Waals surface area contributed by atoms with Crippen molar-refractivity contribution in [1.82, 2.24) is 15.0 Å². The van der Waals surface area contributed by atoms with Gasteiger partial charge in [-0.15, -0.1) is 0 Å². The molecular formula is C14H13F3N4O3. The predicted molar refractivity (Wildman–Crippen MR) is 77.2 cm³/mol. The highest BCUT2D eigenvalue weighted by Crippen LogP contribution is 2.29. The number of hydrogen-bond donors (Lipinski definition) is 0. The van der Waals surface area contributed by atoms with Gasteiger partial charge in [0.05, 0.1) is 12.8 Å². The Bertz CT molecular complexity index is 726. The molecule has 1 heterocycles. The molecule has 0 unspecified atom stereocenters. The Labute approximate surface area is 134 Å². The fourth-order valence-electron chi connectivity index (χ4n) is 1.75. The Morgan fingerprint density at radius 2 is 2.04 bits per heavy atom. The molecule has 7 nitrogen and oxygen atoms in total. The van der Waals surface area contributed by atoms with Crippen LogP contribution in [0.1, 0.15) is 16.2 Å². The highest BCUT2D eigenvalue weighted by atomic mass is 19.4. The molecule has 2 aromatic rings. The summed E-state index contributed by atoms with van der Waals surface area (Å²) in [7, 11) is 2.96. The zero-order valence-electron chi connectivity index (χ0n) is 12.7. The number of hydrogen-bond acceptors (Lipinski definition) is 6. The molecule has 0 aliphatic rings. The molecule has 0 spiro atoms. The SMILES string of the molecule is CO/N=C/CN(C)C(=O)c1ccc(-c2noc(C(F)(F)F)n2)cc1. The van der Waals surface area contributed by atoms with E-state index in [0.717, 1.165) is 0 Å². The number of nitrogens with zero attached hydrogens (tertiary/aromatic N) is 4. The first-order valence-electron chi connectivity index (χ1n) is 6.64. The first kappa shape index (κ1) is 17.4. The number of halogens is 3. The Hall–Kier alpha value is -2.91. The van der Waals surface area contributed by atoms with Gasteiger partial charge >= 0.3 is 12.1 Å². The van der Waals surface area contributed by atoms with Crippen molar-refractivity contribution in [3.05, 3.63) is 35.7 Å². The topological polar surface area (TPSA) is 80.8 Å². The minimum atomic E-state index is -4.70. The number of benzene rings is 1. The minimum Gasteiger partial charge on any atom is -0.399 e. The summed E-state index contributed by atoms with van der Waals surface area (Å²) < 4.78 is 41.5. The van der Waals surface area contributed by atoms with Crippen molar-refractivity contribution in [2.24, 2.45) is 5.16 Å². The monoisotopic (exact) mass is 342 g/mol. The van der Waals surface area contributed by atoms with Gasteiger partial charge in [-0.05, 0) is 12.1 Å². The molecule has 24 heavy (non-hydrogen) atoms. The maximum atomic E-state index is 12.4. The van der Waals surface area contributed by atoms with Gasteiger partial charge in [0.1, 0.15) is 7.11 Å². The summed E-state index contributed by atoms with van der Waals surface area (Å²) >= 11 is 0. The number of oxime groups is 1. The van der Waals surface area contributed by atoms with E-state index >= 15 is 0 Å². The van der Waals surface area contributed by atoms with Crippen LogP contribution in [0.2, 0.25) is 0 Å². The van der Waals surface area contributed by atoms with Crippen LogP contribution in [0.15, 0.2) is 33.9 Å². The van der Waals surface area contributed by atoms with Crippen LogP contribution in [0.4, 0.5) is 13.2 Å². The lowest BCUT2D eigenvalue weighted by Gasteiger charge is -2.14. The van der Waals surface area contributed by atoms with Crippen LogP contribution >= 0.6 is 0 Å². The van der Waals surface area contributed by atoms with Gasteiger partial charge < -0.3 is 14.3 Å². The fourth-order valence-corrected chi connectivity index (χ4v) is 1.75. The van der Waals surface area contributed by atoms with Crippen LogP contribution in [-0.2, 0) is 11.0 Å². The lowest BCUT2D eigenvalue weighted by molar-refractivity contribution is -0.159. The fraction of sp³-hybridized carbons (Fsp3) is 0.286. The average Bonchev–Trinajstić information content (AvgIpc) is 3.05. The molecular weight excluding hydrogens is 329 g/mol. The van der Waals surface area contributed by atoms with E-state index in [9.17, 15) is 18.0 Å². The van der Waals surface area contributed by atoms with Gasteiger partial charge in [-0.25, -0.2) is 0 Å². The Balaban J connectivity index is 2.11. The van der Waals surface area contributed by atoms with Gasteiger partial charge in [-0.2, -0.15) is 18.2 Å². The molecule has 0 fully saturated rings. The van der Waals surface area contributed by atoms with E-state index < -0.39 is 12.1 Å². The first-order valence-corrected chi connectivity index (χ1v) is 6.64. The minimum absolute atomic E-state index is 0.207. The molecule has 1 amide bonds. The molecule has 128 valence electrons. The number of carbonyl (C=O) groups is 1. The van der Waals surface area contributed by atoms with E-state index in [4.69, 9.17) is 0 Å². The van der Waals surface area contributed by atoms with Gasteiger partial charge in [0.15, 0.2) is 0 Å². The van der Waals surface area contributed by atoms with Crippen molar-refractivity contribution in [1.29, 1.82) is 0 Å². The zero-order valence-corrected chi connectivity index (χ0v) is 12.7. The van der Waals surface area contributed by atoms with E-state index in [2.05, 4.69) is 24.7 Å². The Morgan fingerprint density at radius 3 is 2.58 bits per heavy atom. The van der Waals surface area contributed by atoms with Crippen LogP contribution in [0.5, 0.6) is 0 Å². The van der Waals surface area contributed by atoms with Crippen molar-refractivity contribution in [3.8, 4) is 11.4 Å². The van der Waals surface area contributed by atoms with E-state index in [-0.39, 0.29) is 18.3 Å². The summed E-state index contributed by atoms with van der Waals surface area (Å²) in [5.74, 6) is -1.91. The van der Waals surface area contributed by atoms with Gasteiger partial charge in [0.25, 0.3) is 5.91 Å². The number of rotatable bonds is 5. The number of amides is 1. The molecule has 0 bridgehead atoms. The lowest BCUT2D eigenvalue weighted by atomic mass is 10.1. The van der Waals surface area contributed by atoms with E-state index in [1.165, 1.54) is 42.5 Å². The molecule has 0 aliphatic carbocycles. The molecule has 1 aromatic heterocycles. The number of alkyl halides is 3. The summed E-state index contributed by atoms with van der Waals surface area (Å²) in [4.78, 5) is 21.3. The summed E-state index contributed by atoms with van der Waals surface area (Å²) in [6.45, 7) is 0.244. The summed E-state index contributed by atoms with van der Waals surface area (Å²) in [5.41, 5.74) is 0.654. The second-order valence-electron chi connectivity index (χ2n) is 4.65. The molecule has 0 saturated heterocycles. The lowest BCUT2D eigenvalue weighted by Crippen LogP contribution is -2.28. The highest BCUT2D eigenvalue weighted by Gasteiger charge is 2.38. The van der Waals surface area contributed by atoms with Crippen molar-refractivity contribution in [2.75, 3.05) is 20.7 Å². The largest absolute Gasteiger partial charge is 0.471 e. The summed E-state index contributed by atoms with van der Waals surface area (Å²) in [6, 6.07) is 5.81. The predicted octanol–water partition coefficient (Wildman–Crippen LogP) is 2.46. The molecule has 2 rings (SSSR count). The van der Waals surface area contributed by atoms with Crippen LogP contribution in [0.25, 0.3) is 11.4 Å². The third kappa shape index (κ3) is 4.09. The van der Waals surface area contributed by atoms with Gasteiger partial charge in [-0.1, -0.05) is 22.4 Å². The van der Waals surface area contributed by atoms with E-state index in [0.29, 0.717) is 11.1 Å². The summed E-state index contributed by atoms with van der Waals surface area (Å²) in [5, 5.41) is 6.81. The van der Waals surface area contributed by atoms with Crippen LogP contribution in [0.3, 0.4) is 0 Å². The maximum Gasteiger partial charge on any atom is 0.471 e. The molecule has 0 saturated carbocycles. The molecule has 1 aromatic carbocycles. The van der Waals surface area contributed by atoms with Crippen LogP contribution < -0.4 is 0 Å². The smallest absolute Gasteiger partial charge is 0.399 e. The number of carbonyl (C=O) groups excluding carboxylic acids is 1. The first-order chi connectivity index (χ1) is 11.3. The standard InChI is InChI=1S/C14H13F3N4O3/c1-21(8-7-18-23-2)12(22)10-5-3-9(4-6-10)11-19-13(24-20-11)14(15,16)17/h3-7H,8H2,1-2H3/b18-7+. The van der Waals surface area contributed by atoms with Crippen LogP contribution in [-0.4, -0.2) is 47.9 Å². The zero-order chi connectivity index (χ0) is 17.7. The van der Waals surface area contributed by atoms with Gasteiger partial charge in [0.2, 0.25) is 5.82 Å². The Morgan fingerprint density at radius 1 is 1.38 bits per heavy atom. The molecule has 0 aliphatic heterocycles. The van der Waals surface area contributed by atoms with Gasteiger partial charge in [-0.3, -0.25) is 4.79 Å². The molecule has 0 atom stereocenters.